The highest BCUT2D eigenvalue weighted by Gasteiger charge is 2.22. The van der Waals surface area contributed by atoms with Crippen LogP contribution in [0.25, 0.3) is 0 Å². The molecule has 0 fully saturated rings. The normalized spacial score (nSPS) is 12.5. The first-order chi connectivity index (χ1) is 10.8. The molecule has 0 saturated heterocycles. The Balaban J connectivity index is 2.19. The topological polar surface area (TPSA) is 46.9 Å². The molecule has 2 rings (SSSR count). The Bertz CT molecular complexity index is 712. The molecule has 0 spiro atoms. The van der Waals surface area contributed by atoms with Gasteiger partial charge >= 0.3 is 0 Å². The van der Waals surface area contributed by atoms with Crippen molar-refractivity contribution in [2.75, 3.05) is 0 Å². The van der Waals surface area contributed by atoms with Crippen LogP contribution in [0.4, 0.5) is 4.39 Å². The molecule has 1 N–H and O–H groups in total. The van der Waals surface area contributed by atoms with Gasteiger partial charge in [-0.2, -0.15) is 5.10 Å². The molecule has 0 aliphatic heterocycles. The molecular weight excluding hydrogens is 317 g/mol. The SMILES string of the molecule is Cc1nn(CC(C)C)c(Cl)c1C(=O)N[C@@H](C)c1cccc(F)c1. The van der Waals surface area contributed by atoms with Gasteiger partial charge in [0, 0.05) is 6.54 Å². The number of carbonyl (C=O) groups excluding carboxylic acids is 1. The van der Waals surface area contributed by atoms with Gasteiger partial charge in [-0.1, -0.05) is 37.6 Å². The van der Waals surface area contributed by atoms with Gasteiger partial charge in [0.25, 0.3) is 5.91 Å². The van der Waals surface area contributed by atoms with Crippen molar-refractivity contribution in [2.45, 2.75) is 40.3 Å². The van der Waals surface area contributed by atoms with Crippen molar-refractivity contribution in [1.29, 1.82) is 0 Å². The van der Waals surface area contributed by atoms with E-state index < -0.39 is 0 Å². The molecule has 0 bridgehead atoms. The number of rotatable bonds is 5. The van der Waals surface area contributed by atoms with Crippen molar-refractivity contribution in [3.8, 4) is 0 Å². The van der Waals surface area contributed by atoms with Gasteiger partial charge in [-0.15, -0.1) is 0 Å². The van der Waals surface area contributed by atoms with Gasteiger partial charge in [-0.25, -0.2) is 4.39 Å². The molecular formula is C17H21ClFN3O. The summed E-state index contributed by atoms with van der Waals surface area (Å²) in [6, 6.07) is 5.83. The first kappa shape index (κ1) is 17.5. The summed E-state index contributed by atoms with van der Waals surface area (Å²) in [5, 5.41) is 7.51. The molecule has 0 aliphatic carbocycles. The minimum atomic E-state index is -0.331. The minimum Gasteiger partial charge on any atom is -0.345 e. The number of aryl methyl sites for hydroxylation is 1. The molecule has 1 atom stereocenters. The maximum atomic E-state index is 13.3. The Hall–Kier alpha value is -1.88. The van der Waals surface area contributed by atoms with Gasteiger partial charge < -0.3 is 5.32 Å². The fourth-order valence-electron chi connectivity index (χ4n) is 2.41. The lowest BCUT2D eigenvalue weighted by Crippen LogP contribution is -2.27. The third-order valence-corrected chi connectivity index (χ3v) is 3.91. The molecule has 0 aliphatic rings. The summed E-state index contributed by atoms with van der Waals surface area (Å²) >= 11 is 6.30. The van der Waals surface area contributed by atoms with Crippen LogP contribution in [-0.2, 0) is 6.54 Å². The van der Waals surface area contributed by atoms with Gasteiger partial charge in [0.1, 0.15) is 11.0 Å². The van der Waals surface area contributed by atoms with E-state index in [0.717, 1.165) is 0 Å². The van der Waals surface area contributed by atoms with Crippen LogP contribution in [-0.4, -0.2) is 15.7 Å². The third kappa shape index (κ3) is 4.10. The molecule has 2 aromatic rings. The number of nitrogens with zero attached hydrogens (tertiary/aromatic N) is 2. The fourth-order valence-corrected chi connectivity index (χ4v) is 2.74. The van der Waals surface area contributed by atoms with Gasteiger partial charge in [0.15, 0.2) is 0 Å². The van der Waals surface area contributed by atoms with Crippen molar-refractivity contribution in [2.24, 2.45) is 5.92 Å². The zero-order valence-electron chi connectivity index (χ0n) is 13.7. The molecule has 4 nitrogen and oxygen atoms in total. The molecule has 1 amide bonds. The second-order valence-corrected chi connectivity index (χ2v) is 6.44. The molecule has 23 heavy (non-hydrogen) atoms. The second-order valence-electron chi connectivity index (χ2n) is 6.08. The standard InChI is InChI=1S/C17H21ClFN3O/c1-10(2)9-22-16(18)15(12(4)21-22)17(23)20-11(3)13-6-5-7-14(19)8-13/h5-8,10-11H,9H2,1-4H3,(H,20,23)/t11-/m0/s1. The van der Waals surface area contributed by atoms with Crippen LogP contribution in [0.5, 0.6) is 0 Å². The largest absolute Gasteiger partial charge is 0.345 e. The van der Waals surface area contributed by atoms with Gasteiger partial charge in [0.05, 0.1) is 17.3 Å². The Morgan fingerprint density at radius 2 is 2.09 bits per heavy atom. The number of halogens is 2. The Labute approximate surface area is 140 Å². The summed E-state index contributed by atoms with van der Waals surface area (Å²) in [6.45, 7) is 8.31. The average molecular weight is 338 g/mol. The average Bonchev–Trinajstić information content (AvgIpc) is 2.72. The van der Waals surface area contributed by atoms with E-state index in [1.165, 1.54) is 12.1 Å². The van der Waals surface area contributed by atoms with E-state index in [1.54, 1.807) is 30.7 Å². The minimum absolute atomic E-state index is 0.306. The molecule has 1 heterocycles. The zero-order chi connectivity index (χ0) is 17.1. The van der Waals surface area contributed by atoms with Crippen molar-refractivity contribution < 1.29 is 9.18 Å². The number of hydrogen-bond donors (Lipinski definition) is 1. The number of amides is 1. The Morgan fingerprint density at radius 1 is 1.39 bits per heavy atom. The van der Waals surface area contributed by atoms with Crippen molar-refractivity contribution >= 4 is 17.5 Å². The van der Waals surface area contributed by atoms with E-state index in [1.807, 2.05) is 0 Å². The van der Waals surface area contributed by atoms with Gasteiger partial charge in [0.2, 0.25) is 0 Å². The maximum Gasteiger partial charge on any atom is 0.256 e. The summed E-state index contributed by atoms with van der Waals surface area (Å²) in [5.41, 5.74) is 1.65. The molecule has 0 saturated carbocycles. The third-order valence-electron chi connectivity index (χ3n) is 3.53. The molecule has 124 valence electrons. The summed E-state index contributed by atoms with van der Waals surface area (Å²) in [6.07, 6.45) is 0. The highest BCUT2D eigenvalue weighted by atomic mass is 35.5. The summed E-state index contributed by atoms with van der Waals surface area (Å²) in [4.78, 5) is 12.5. The molecule has 1 aromatic carbocycles. The molecule has 0 unspecified atom stereocenters. The van der Waals surface area contributed by atoms with Crippen LogP contribution in [0.2, 0.25) is 5.15 Å². The lowest BCUT2D eigenvalue weighted by molar-refractivity contribution is 0.0939. The summed E-state index contributed by atoms with van der Waals surface area (Å²) in [7, 11) is 0. The predicted octanol–water partition coefficient (Wildman–Crippen LogP) is 4.13. The number of hydrogen-bond acceptors (Lipinski definition) is 2. The highest BCUT2D eigenvalue weighted by molar-refractivity contribution is 6.33. The van der Waals surface area contributed by atoms with E-state index in [4.69, 9.17) is 11.6 Å². The van der Waals surface area contributed by atoms with Crippen LogP contribution >= 0.6 is 11.6 Å². The van der Waals surface area contributed by atoms with Crippen molar-refractivity contribution in [1.82, 2.24) is 15.1 Å². The van der Waals surface area contributed by atoms with E-state index in [0.29, 0.717) is 34.4 Å². The number of benzene rings is 1. The molecule has 1 aromatic heterocycles. The quantitative estimate of drug-likeness (QED) is 0.891. The van der Waals surface area contributed by atoms with Crippen LogP contribution < -0.4 is 5.32 Å². The highest BCUT2D eigenvalue weighted by Crippen LogP contribution is 2.22. The second kappa shape index (κ2) is 7.13. The first-order valence-corrected chi connectivity index (χ1v) is 7.96. The Morgan fingerprint density at radius 3 is 2.70 bits per heavy atom. The first-order valence-electron chi connectivity index (χ1n) is 7.58. The van der Waals surface area contributed by atoms with E-state index >= 15 is 0 Å². The number of aromatic nitrogens is 2. The van der Waals surface area contributed by atoms with Crippen LogP contribution in [0.1, 0.15) is 48.4 Å². The molecule has 0 radical (unpaired) electrons. The van der Waals surface area contributed by atoms with E-state index in [9.17, 15) is 9.18 Å². The lowest BCUT2D eigenvalue weighted by atomic mass is 10.1. The predicted molar refractivity (Wildman–Crippen MR) is 89.1 cm³/mol. The van der Waals surface area contributed by atoms with Crippen molar-refractivity contribution in [3.05, 3.63) is 52.1 Å². The van der Waals surface area contributed by atoms with E-state index in [2.05, 4.69) is 24.3 Å². The number of nitrogens with one attached hydrogen (secondary N) is 1. The van der Waals surface area contributed by atoms with Crippen LogP contribution in [0.3, 0.4) is 0 Å². The lowest BCUT2D eigenvalue weighted by Gasteiger charge is -2.14. The summed E-state index contributed by atoms with van der Waals surface area (Å²) in [5.74, 6) is -0.268. The molecule has 6 heteroatoms. The van der Waals surface area contributed by atoms with E-state index in [-0.39, 0.29) is 17.8 Å². The van der Waals surface area contributed by atoms with Gasteiger partial charge in [-0.05, 0) is 37.5 Å². The van der Waals surface area contributed by atoms with Gasteiger partial charge in [-0.3, -0.25) is 9.48 Å². The fraction of sp³-hybridized carbons (Fsp3) is 0.412. The maximum absolute atomic E-state index is 13.3. The summed E-state index contributed by atoms with van der Waals surface area (Å²) < 4.78 is 14.9. The van der Waals surface area contributed by atoms with Crippen molar-refractivity contribution in [3.63, 3.8) is 0 Å². The Kier molecular flexibility index (Phi) is 5.42. The van der Waals surface area contributed by atoms with Crippen LogP contribution in [0, 0.1) is 18.7 Å². The smallest absolute Gasteiger partial charge is 0.256 e. The number of carbonyl (C=O) groups is 1. The zero-order valence-corrected chi connectivity index (χ0v) is 14.5. The van der Waals surface area contributed by atoms with Crippen LogP contribution in [0.15, 0.2) is 24.3 Å². The monoisotopic (exact) mass is 337 g/mol.